The van der Waals surface area contributed by atoms with Crippen LogP contribution in [0.15, 0.2) is 49.6 Å². The van der Waals surface area contributed by atoms with Gasteiger partial charge in [0.2, 0.25) is 5.91 Å². The van der Waals surface area contributed by atoms with E-state index in [1.165, 1.54) is 6.92 Å². The number of rotatable bonds is 8. The highest BCUT2D eigenvalue weighted by Crippen LogP contribution is 2.40. The molecule has 1 amide bonds. The fraction of sp³-hybridized carbons (Fsp3) is 0.320. The highest BCUT2D eigenvalue weighted by atomic mass is 16.3. The van der Waals surface area contributed by atoms with Crippen LogP contribution in [0.1, 0.15) is 49.1 Å². The molecule has 1 atom stereocenters. The first-order valence-electron chi connectivity index (χ1n) is 9.91. The van der Waals surface area contributed by atoms with Crippen LogP contribution < -0.4 is 0 Å². The van der Waals surface area contributed by atoms with Crippen molar-refractivity contribution in [3.05, 3.63) is 71.8 Å². The molecule has 4 heteroatoms. The van der Waals surface area contributed by atoms with Gasteiger partial charge in [0.15, 0.2) is 0 Å². The molecule has 0 aromatic heterocycles. The number of hydrogen-bond donors (Lipinski definition) is 2. The maximum absolute atomic E-state index is 11.9. The molecule has 0 spiro atoms. The Morgan fingerprint density at radius 2 is 1.66 bits per heavy atom. The monoisotopic (exact) mass is 393 g/mol. The van der Waals surface area contributed by atoms with Crippen molar-refractivity contribution in [2.45, 2.75) is 46.1 Å². The van der Waals surface area contributed by atoms with E-state index in [0.29, 0.717) is 29.5 Å². The molecule has 0 heterocycles. The number of benzene rings is 2. The van der Waals surface area contributed by atoms with Crippen LogP contribution in [0.25, 0.3) is 11.1 Å². The number of carbonyl (C=O) groups excluding carboxylic acids is 1. The number of phenols is 2. The average molecular weight is 394 g/mol. The molecular weight excluding hydrogens is 362 g/mol. The number of carbonyl (C=O) groups is 1. The van der Waals surface area contributed by atoms with Gasteiger partial charge in [-0.25, -0.2) is 0 Å². The first-order valence-corrected chi connectivity index (χ1v) is 9.91. The number of allylic oxidation sites excluding steroid dienone is 2. The minimum Gasteiger partial charge on any atom is -0.507 e. The van der Waals surface area contributed by atoms with E-state index in [0.717, 1.165) is 23.1 Å². The zero-order valence-corrected chi connectivity index (χ0v) is 17.8. The van der Waals surface area contributed by atoms with Gasteiger partial charge in [-0.05, 0) is 66.6 Å². The maximum atomic E-state index is 11.9. The molecule has 0 radical (unpaired) electrons. The van der Waals surface area contributed by atoms with Crippen molar-refractivity contribution in [3.8, 4) is 22.6 Å². The van der Waals surface area contributed by atoms with Gasteiger partial charge in [0.1, 0.15) is 11.5 Å². The van der Waals surface area contributed by atoms with Gasteiger partial charge < -0.3 is 15.1 Å². The van der Waals surface area contributed by atoms with Crippen LogP contribution in [0.3, 0.4) is 0 Å². The van der Waals surface area contributed by atoms with E-state index in [1.807, 2.05) is 31.2 Å². The molecule has 0 fully saturated rings. The molecule has 0 aliphatic heterocycles. The lowest BCUT2D eigenvalue weighted by molar-refractivity contribution is -0.129. The van der Waals surface area contributed by atoms with Crippen LogP contribution >= 0.6 is 0 Å². The van der Waals surface area contributed by atoms with Crippen LogP contribution in [0.5, 0.6) is 11.5 Å². The zero-order valence-electron chi connectivity index (χ0n) is 17.8. The molecule has 1 unspecified atom stereocenters. The minimum absolute atomic E-state index is 0.0864. The fourth-order valence-electron chi connectivity index (χ4n) is 3.48. The standard InChI is InChI=1S/C25H31NO3/c1-7-10-19-12-18(9-3)13-23(25(19)29)21-14-20(11-8-2)24(28)22(15-21)16(4)26(6)17(5)27/h7-8,12-16,28-29H,1-2,9-11H2,3-6H3. The third-order valence-corrected chi connectivity index (χ3v) is 5.44. The Morgan fingerprint density at radius 3 is 2.17 bits per heavy atom. The number of hydrogen-bond acceptors (Lipinski definition) is 3. The van der Waals surface area contributed by atoms with E-state index in [-0.39, 0.29) is 23.4 Å². The Kier molecular flexibility index (Phi) is 7.27. The normalized spacial score (nSPS) is 11.7. The number of amides is 1. The summed E-state index contributed by atoms with van der Waals surface area (Å²) in [7, 11) is 1.71. The molecule has 2 aromatic carbocycles. The zero-order chi connectivity index (χ0) is 21.7. The van der Waals surface area contributed by atoms with E-state index in [2.05, 4.69) is 20.1 Å². The lowest BCUT2D eigenvalue weighted by Gasteiger charge is -2.26. The van der Waals surface area contributed by atoms with Crippen LogP contribution in [0, 0.1) is 0 Å². The van der Waals surface area contributed by atoms with E-state index < -0.39 is 0 Å². The summed E-state index contributed by atoms with van der Waals surface area (Å²) in [6, 6.07) is 7.40. The van der Waals surface area contributed by atoms with Gasteiger partial charge in [-0.15, -0.1) is 13.2 Å². The van der Waals surface area contributed by atoms with Gasteiger partial charge in [-0.1, -0.05) is 25.1 Å². The summed E-state index contributed by atoms with van der Waals surface area (Å²) in [4.78, 5) is 13.5. The van der Waals surface area contributed by atoms with Gasteiger partial charge in [0.25, 0.3) is 0 Å². The molecular formula is C25H31NO3. The molecule has 2 aromatic rings. The summed E-state index contributed by atoms with van der Waals surface area (Å²) >= 11 is 0. The van der Waals surface area contributed by atoms with Gasteiger partial charge in [-0.3, -0.25) is 4.79 Å². The van der Waals surface area contributed by atoms with Crippen molar-refractivity contribution < 1.29 is 15.0 Å². The second-order valence-corrected chi connectivity index (χ2v) is 7.37. The van der Waals surface area contributed by atoms with Crippen molar-refractivity contribution in [1.29, 1.82) is 0 Å². The Morgan fingerprint density at radius 1 is 1.07 bits per heavy atom. The van der Waals surface area contributed by atoms with Crippen LogP contribution in [-0.2, 0) is 24.1 Å². The number of phenolic OH excluding ortho intramolecular Hbond substituents is 2. The van der Waals surface area contributed by atoms with Gasteiger partial charge in [0.05, 0.1) is 6.04 Å². The number of aryl methyl sites for hydroxylation is 1. The van der Waals surface area contributed by atoms with E-state index in [9.17, 15) is 15.0 Å². The first-order chi connectivity index (χ1) is 13.7. The average Bonchev–Trinajstić information content (AvgIpc) is 2.70. The van der Waals surface area contributed by atoms with Gasteiger partial charge >= 0.3 is 0 Å². The minimum atomic E-state index is -0.319. The lowest BCUT2D eigenvalue weighted by atomic mass is 9.90. The van der Waals surface area contributed by atoms with Crippen molar-refractivity contribution in [2.75, 3.05) is 7.05 Å². The van der Waals surface area contributed by atoms with Crippen molar-refractivity contribution >= 4 is 5.91 Å². The summed E-state index contributed by atoms with van der Waals surface area (Å²) < 4.78 is 0. The predicted octanol–water partition coefficient (Wildman–Crippen LogP) is 5.32. The molecule has 0 aliphatic carbocycles. The quantitative estimate of drug-likeness (QED) is 0.597. The molecule has 0 saturated carbocycles. The Labute approximate surface area is 173 Å². The van der Waals surface area contributed by atoms with Crippen LogP contribution in [0.4, 0.5) is 0 Å². The summed E-state index contributed by atoms with van der Waals surface area (Å²) in [5.41, 5.74) is 4.81. The third-order valence-electron chi connectivity index (χ3n) is 5.44. The van der Waals surface area contributed by atoms with Crippen molar-refractivity contribution in [3.63, 3.8) is 0 Å². The molecule has 154 valence electrons. The second kappa shape index (κ2) is 9.46. The highest BCUT2D eigenvalue weighted by Gasteiger charge is 2.22. The summed E-state index contributed by atoms with van der Waals surface area (Å²) in [6.07, 6.45) is 5.39. The van der Waals surface area contributed by atoms with Gasteiger partial charge in [0, 0.05) is 25.1 Å². The smallest absolute Gasteiger partial charge is 0.219 e. The van der Waals surface area contributed by atoms with E-state index in [1.54, 1.807) is 24.1 Å². The molecule has 0 aliphatic rings. The molecule has 2 N–H and O–H groups in total. The van der Waals surface area contributed by atoms with Crippen LogP contribution in [-0.4, -0.2) is 28.1 Å². The SMILES string of the molecule is C=CCc1cc(CC)cc(-c2cc(CC=C)c(O)c(C(C)N(C)C(C)=O)c2)c1O. The second-order valence-electron chi connectivity index (χ2n) is 7.37. The molecule has 0 saturated heterocycles. The van der Waals surface area contributed by atoms with Crippen molar-refractivity contribution in [2.24, 2.45) is 0 Å². The molecule has 0 bridgehead atoms. The van der Waals surface area contributed by atoms with Crippen LogP contribution in [0.2, 0.25) is 0 Å². The predicted molar refractivity (Wildman–Crippen MR) is 119 cm³/mol. The molecule has 2 rings (SSSR count). The summed E-state index contributed by atoms with van der Waals surface area (Å²) in [6.45, 7) is 13.0. The third kappa shape index (κ3) is 4.70. The Balaban J connectivity index is 2.76. The van der Waals surface area contributed by atoms with E-state index in [4.69, 9.17) is 0 Å². The molecule has 4 nitrogen and oxygen atoms in total. The molecule has 29 heavy (non-hydrogen) atoms. The number of aromatic hydroxyl groups is 2. The summed E-state index contributed by atoms with van der Waals surface area (Å²) in [5, 5.41) is 21.8. The Hall–Kier alpha value is -3.01. The lowest BCUT2D eigenvalue weighted by Crippen LogP contribution is -2.27. The largest absolute Gasteiger partial charge is 0.507 e. The number of nitrogens with zero attached hydrogens (tertiary/aromatic N) is 1. The first kappa shape index (κ1) is 22.3. The summed E-state index contributed by atoms with van der Waals surface area (Å²) in [5.74, 6) is 0.291. The van der Waals surface area contributed by atoms with Crippen molar-refractivity contribution in [1.82, 2.24) is 4.90 Å². The van der Waals surface area contributed by atoms with Gasteiger partial charge in [-0.2, -0.15) is 0 Å². The highest BCUT2D eigenvalue weighted by molar-refractivity contribution is 5.77. The maximum Gasteiger partial charge on any atom is 0.219 e. The fourth-order valence-corrected chi connectivity index (χ4v) is 3.48. The topological polar surface area (TPSA) is 60.8 Å². The van der Waals surface area contributed by atoms with E-state index >= 15 is 0 Å². The Bertz CT molecular complexity index is 930.